The summed E-state index contributed by atoms with van der Waals surface area (Å²) in [5, 5.41) is 1.75. The van der Waals surface area contributed by atoms with Crippen LogP contribution >= 0.6 is 27.5 Å². The zero-order valence-corrected chi connectivity index (χ0v) is 13.5. The van der Waals surface area contributed by atoms with Crippen LogP contribution < -0.4 is 0 Å². The molecule has 1 nitrogen and oxygen atoms in total. The molecule has 0 bridgehead atoms. The third-order valence-electron chi connectivity index (χ3n) is 2.96. The van der Waals surface area contributed by atoms with Gasteiger partial charge in [-0.3, -0.25) is 0 Å². The number of hydrogen-bond donors (Lipinski definition) is 0. The van der Waals surface area contributed by atoms with Crippen LogP contribution in [-0.2, 0) is 4.74 Å². The molecule has 1 aromatic carbocycles. The van der Waals surface area contributed by atoms with Crippen molar-refractivity contribution in [3.63, 3.8) is 0 Å². The smallest absolute Gasteiger partial charge is 0.0472 e. The van der Waals surface area contributed by atoms with Gasteiger partial charge >= 0.3 is 0 Å². The van der Waals surface area contributed by atoms with Crippen molar-refractivity contribution in [1.82, 2.24) is 0 Å². The summed E-state index contributed by atoms with van der Waals surface area (Å²) in [6.07, 6.45) is 2.17. The second-order valence-corrected chi connectivity index (χ2v) is 6.07. The Morgan fingerprint density at radius 1 is 1.22 bits per heavy atom. The van der Waals surface area contributed by atoms with E-state index >= 15 is 0 Å². The predicted octanol–water partition coefficient (Wildman–Crippen LogP) is 5.27. The standard InChI is InChI=1S/C15H22BrClO/c1-12(2)6-8-18-9-7-14(11-16)13-4-3-5-15(17)10-13/h3-5,10,12,14H,6-9,11H2,1-2H3. The first-order chi connectivity index (χ1) is 8.63. The molecule has 1 rings (SSSR count). The Morgan fingerprint density at radius 3 is 2.56 bits per heavy atom. The molecular formula is C15H22BrClO. The van der Waals surface area contributed by atoms with E-state index < -0.39 is 0 Å². The van der Waals surface area contributed by atoms with Gasteiger partial charge in [-0.1, -0.05) is 53.5 Å². The summed E-state index contributed by atoms with van der Waals surface area (Å²) >= 11 is 9.59. The first-order valence-corrected chi connectivity index (χ1v) is 8.02. The van der Waals surface area contributed by atoms with Crippen molar-refractivity contribution >= 4 is 27.5 Å². The average molecular weight is 334 g/mol. The Hall–Kier alpha value is -0.0500. The van der Waals surface area contributed by atoms with Crippen LogP contribution in [0.2, 0.25) is 5.02 Å². The molecule has 0 fully saturated rings. The van der Waals surface area contributed by atoms with E-state index in [1.807, 2.05) is 18.2 Å². The van der Waals surface area contributed by atoms with Gasteiger partial charge in [0.15, 0.2) is 0 Å². The fourth-order valence-corrected chi connectivity index (χ4v) is 2.64. The summed E-state index contributed by atoms with van der Waals surface area (Å²) < 4.78 is 5.67. The molecule has 1 atom stereocenters. The van der Waals surface area contributed by atoms with Crippen LogP contribution in [0.1, 0.15) is 38.2 Å². The summed E-state index contributed by atoms with van der Waals surface area (Å²) in [5.41, 5.74) is 1.28. The fraction of sp³-hybridized carbons (Fsp3) is 0.600. The Labute approximate surface area is 124 Å². The van der Waals surface area contributed by atoms with E-state index in [4.69, 9.17) is 16.3 Å². The van der Waals surface area contributed by atoms with E-state index in [0.29, 0.717) is 11.8 Å². The fourth-order valence-electron chi connectivity index (χ4n) is 1.74. The molecule has 0 saturated heterocycles. The molecule has 0 aliphatic rings. The van der Waals surface area contributed by atoms with Crippen molar-refractivity contribution < 1.29 is 4.74 Å². The lowest BCUT2D eigenvalue weighted by Crippen LogP contribution is -2.07. The van der Waals surface area contributed by atoms with E-state index in [2.05, 4.69) is 35.8 Å². The molecule has 3 heteroatoms. The largest absolute Gasteiger partial charge is 0.381 e. The third kappa shape index (κ3) is 6.21. The number of alkyl halides is 1. The van der Waals surface area contributed by atoms with Crippen LogP contribution in [0.3, 0.4) is 0 Å². The van der Waals surface area contributed by atoms with Gasteiger partial charge in [0.05, 0.1) is 0 Å². The molecule has 102 valence electrons. The Kier molecular flexibility index (Phi) is 7.96. The number of hydrogen-bond acceptors (Lipinski definition) is 1. The van der Waals surface area contributed by atoms with Crippen molar-refractivity contribution in [1.29, 1.82) is 0 Å². The van der Waals surface area contributed by atoms with E-state index in [0.717, 1.165) is 36.4 Å². The van der Waals surface area contributed by atoms with Crippen LogP contribution in [0, 0.1) is 5.92 Å². The van der Waals surface area contributed by atoms with Crippen LogP contribution in [0.5, 0.6) is 0 Å². The van der Waals surface area contributed by atoms with Gasteiger partial charge in [-0.2, -0.15) is 0 Å². The predicted molar refractivity (Wildman–Crippen MR) is 82.9 cm³/mol. The molecule has 0 aromatic heterocycles. The molecule has 0 spiro atoms. The second kappa shape index (κ2) is 8.95. The summed E-state index contributed by atoms with van der Waals surface area (Å²) in [4.78, 5) is 0. The maximum absolute atomic E-state index is 6.02. The molecule has 0 N–H and O–H groups in total. The Morgan fingerprint density at radius 2 is 1.94 bits per heavy atom. The van der Waals surface area contributed by atoms with Crippen molar-refractivity contribution in [2.24, 2.45) is 5.92 Å². The Balaban J connectivity index is 2.34. The molecule has 0 aliphatic carbocycles. The SMILES string of the molecule is CC(C)CCOCCC(CBr)c1cccc(Cl)c1. The summed E-state index contributed by atoms with van der Waals surface area (Å²) in [7, 11) is 0. The molecule has 18 heavy (non-hydrogen) atoms. The average Bonchev–Trinajstić information content (AvgIpc) is 2.33. The molecule has 0 saturated carbocycles. The van der Waals surface area contributed by atoms with E-state index in [1.54, 1.807) is 0 Å². The Bertz CT molecular complexity index is 341. The molecule has 0 amide bonds. The van der Waals surface area contributed by atoms with Crippen LogP contribution in [-0.4, -0.2) is 18.5 Å². The minimum absolute atomic E-state index is 0.475. The molecule has 0 aliphatic heterocycles. The third-order valence-corrected chi connectivity index (χ3v) is 3.97. The number of ether oxygens (including phenoxy) is 1. The molecule has 0 heterocycles. The highest BCUT2D eigenvalue weighted by Crippen LogP contribution is 2.24. The van der Waals surface area contributed by atoms with Crippen LogP contribution in [0.4, 0.5) is 0 Å². The van der Waals surface area contributed by atoms with Crippen molar-refractivity contribution in [2.75, 3.05) is 18.5 Å². The quantitative estimate of drug-likeness (QED) is 0.465. The number of halogens is 2. The van der Waals surface area contributed by atoms with Gasteiger partial charge in [0.25, 0.3) is 0 Å². The first-order valence-electron chi connectivity index (χ1n) is 6.52. The topological polar surface area (TPSA) is 9.23 Å². The zero-order valence-electron chi connectivity index (χ0n) is 11.2. The zero-order chi connectivity index (χ0) is 13.4. The summed E-state index contributed by atoms with van der Waals surface area (Å²) in [5.74, 6) is 1.19. The van der Waals surface area contributed by atoms with Crippen LogP contribution in [0.15, 0.2) is 24.3 Å². The first kappa shape index (κ1) is 16.0. The minimum Gasteiger partial charge on any atom is -0.381 e. The summed E-state index contributed by atoms with van der Waals surface area (Å²) in [6.45, 7) is 6.12. The number of rotatable bonds is 8. The van der Waals surface area contributed by atoms with Gasteiger partial charge in [-0.15, -0.1) is 0 Å². The van der Waals surface area contributed by atoms with Crippen molar-refractivity contribution in [3.05, 3.63) is 34.9 Å². The van der Waals surface area contributed by atoms with Gasteiger partial charge in [0.1, 0.15) is 0 Å². The van der Waals surface area contributed by atoms with Gasteiger partial charge in [-0.05, 0) is 42.4 Å². The minimum atomic E-state index is 0.475. The van der Waals surface area contributed by atoms with Crippen molar-refractivity contribution in [3.8, 4) is 0 Å². The summed E-state index contributed by atoms with van der Waals surface area (Å²) in [6, 6.07) is 8.09. The molecule has 0 radical (unpaired) electrons. The highest BCUT2D eigenvalue weighted by molar-refractivity contribution is 9.09. The van der Waals surface area contributed by atoms with Gasteiger partial charge in [0, 0.05) is 23.6 Å². The van der Waals surface area contributed by atoms with Gasteiger partial charge in [0.2, 0.25) is 0 Å². The maximum Gasteiger partial charge on any atom is 0.0472 e. The van der Waals surface area contributed by atoms with Crippen molar-refractivity contribution in [2.45, 2.75) is 32.6 Å². The van der Waals surface area contributed by atoms with E-state index in [-0.39, 0.29) is 0 Å². The normalized spacial score (nSPS) is 12.9. The van der Waals surface area contributed by atoms with Gasteiger partial charge in [-0.25, -0.2) is 0 Å². The lowest BCUT2D eigenvalue weighted by Gasteiger charge is -2.15. The monoisotopic (exact) mass is 332 g/mol. The van der Waals surface area contributed by atoms with Crippen LogP contribution in [0.25, 0.3) is 0 Å². The lowest BCUT2D eigenvalue weighted by atomic mass is 9.98. The second-order valence-electron chi connectivity index (χ2n) is 4.99. The highest BCUT2D eigenvalue weighted by Gasteiger charge is 2.10. The van der Waals surface area contributed by atoms with E-state index in [1.165, 1.54) is 5.56 Å². The van der Waals surface area contributed by atoms with E-state index in [9.17, 15) is 0 Å². The molecule has 1 unspecified atom stereocenters. The number of benzene rings is 1. The molecule has 1 aromatic rings. The van der Waals surface area contributed by atoms with Gasteiger partial charge < -0.3 is 4.74 Å². The highest BCUT2D eigenvalue weighted by atomic mass is 79.9. The maximum atomic E-state index is 6.02. The lowest BCUT2D eigenvalue weighted by molar-refractivity contribution is 0.118. The molecular weight excluding hydrogens is 312 g/mol.